The number of aliphatic hydroxyl groups excluding tert-OH is 1. The molecule has 21 heavy (non-hydrogen) atoms. The summed E-state index contributed by atoms with van der Waals surface area (Å²) in [7, 11) is -3.71. The monoisotopic (exact) mass is 387 g/mol. The maximum atomic E-state index is 12.4. The molecule has 0 aliphatic carbocycles. The molecule has 0 aliphatic rings. The quantitative estimate of drug-likeness (QED) is 0.770. The van der Waals surface area contributed by atoms with Crippen LogP contribution in [-0.4, -0.2) is 19.8 Å². The molecule has 0 amide bonds. The van der Waals surface area contributed by atoms with Crippen molar-refractivity contribution in [1.82, 2.24) is 0 Å². The summed E-state index contributed by atoms with van der Waals surface area (Å²) in [5, 5.41) is 9.13. The Labute approximate surface area is 136 Å². The van der Waals surface area contributed by atoms with Crippen LogP contribution in [0.25, 0.3) is 0 Å². The predicted molar refractivity (Wildman–Crippen MR) is 89.1 cm³/mol. The molecular formula is C14H14BrNO3S2. The lowest BCUT2D eigenvalue weighted by molar-refractivity contribution is 0.281. The number of sulfonamides is 1. The second-order valence-electron chi connectivity index (χ2n) is 4.26. The van der Waals surface area contributed by atoms with E-state index in [1.807, 2.05) is 18.4 Å². The summed E-state index contributed by atoms with van der Waals surface area (Å²) >= 11 is 4.81. The lowest BCUT2D eigenvalue weighted by Gasteiger charge is -2.11. The van der Waals surface area contributed by atoms with Crippen LogP contribution in [-0.2, 0) is 16.6 Å². The van der Waals surface area contributed by atoms with Gasteiger partial charge in [-0.25, -0.2) is 8.42 Å². The molecule has 2 N–H and O–H groups in total. The number of anilines is 1. The zero-order valence-corrected chi connectivity index (χ0v) is 14.4. The highest BCUT2D eigenvalue weighted by Gasteiger charge is 2.18. The van der Waals surface area contributed by atoms with E-state index in [1.165, 1.54) is 6.07 Å². The molecule has 0 saturated carbocycles. The fourth-order valence-electron chi connectivity index (χ4n) is 1.72. The SMILES string of the molecule is CSc1ccc(NS(=O)(=O)c2cc(CO)ccc2Br)cc1. The van der Waals surface area contributed by atoms with E-state index in [2.05, 4.69) is 20.7 Å². The molecule has 0 heterocycles. The highest BCUT2D eigenvalue weighted by molar-refractivity contribution is 9.10. The van der Waals surface area contributed by atoms with E-state index in [1.54, 1.807) is 36.0 Å². The van der Waals surface area contributed by atoms with Crippen molar-refractivity contribution in [1.29, 1.82) is 0 Å². The van der Waals surface area contributed by atoms with E-state index in [-0.39, 0.29) is 11.5 Å². The van der Waals surface area contributed by atoms with Gasteiger partial charge in [-0.1, -0.05) is 6.07 Å². The molecule has 0 atom stereocenters. The Bertz CT molecular complexity index is 730. The molecule has 0 aliphatic heterocycles. The first-order valence-corrected chi connectivity index (χ1v) is 9.52. The average Bonchev–Trinajstić information content (AvgIpc) is 2.48. The van der Waals surface area contributed by atoms with Gasteiger partial charge in [-0.05, 0) is 64.1 Å². The summed E-state index contributed by atoms with van der Waals surface area (Å²) in [6, 6.07) is 11.8. The van der Waals surface area contributed by atoms with Crippen LogP contribution in [0.4, 0.5) is 5.69 Å². The largest absolute Gasteiger partial charge is 0.392 e. The maximum Gasteiger partial charge on any atom is 0.263 e. The number of halogens is 1. The fourth-order valence-corrected chi connectivity index (χ4v) is 4.20. The number of rotatable bonds is 5. The number of hydrogen-bond donors (Lipinski definition) is 2. The maximum absolute atomic E-state index is 12.4. The minimum absolute atomic E-state index is 0.1000. The van der Waals surface area contributed by atoms with E-state index < -0.39 is 10.0 Å². The van der Waals surface area contributed by atoms with E-state index >= 15 is 0 Å². The summed E-state index contributed by atoms with van der Waals surface area (Å²) in [5.74, 6) is 0. The van der Waals surface area contributed by atoms with Gasteiger partial charge in [0.05, 0.1) is 6.61 Å². The number of hydrogen-bond acceptors (Lipinski definition) is 4. The molecule has 2 rings (SSSR count). The molecule has 7 heteroatoms. The van der Waals surface area contributed by atoms with Crippen LogP contribution in [0.15, 0.2) is 56.7 Å². The van der Waals surface area contributed by atoms with Crippen molar-refractivity contribution in [3.05, 3.63) is 52.5 Å². The first-order chi connectivity index (χ1) is 9.96. The van der Waals surface area contributed by atoms with Crippen molar-refractivity contribution in [3.63, 3.8) is 0 Å². The molecule has 0 radical (unpaired) electrons. The van der Waals surface area contributed by atoms with Gasteiger partial charge in [0.1, 0.15) is 4.90 Å². The number of aliphatic hydroxyl groups is 1. The molecule has 0 unspecified atom stereocenters. The van der Waals surface area contributed by atoms with Crippen LogP contribution in [0.5, 0.6) is 0 Å². The highest BCUT2D eigenvalue weighted by atomic mass is 79.9. The fraction of sp³-hybridized carbons (Fsp3) is 0.143. The number of nitrogens with one attached hydrogen (secondary N) is 1. The molecule has 0 spiro atoms. The first kappa shape index (κ1) is 16.4. The molecule has 0 aromatic heterocycles. The Hall–Kier alpha value is -1.02. The molecular weight excluding hydrogens is 374 g/mol. The van der Waals surface area contributed by atoms with Gasteiger partial charge in [-0.15, -0.1) is 11.8 Å². The van der Waals surface area contributed by atoms with Crippen molar-refractivity contribution < 1.29 is 13.5 Å². The van der Waals surface area contributed by atoms with Gasteiger partial charge in [0.15, 0.2) is 0 Å². The van der Waals surface area contributed by atoms with Crippen LogP contribution in [0.2, 0.25) is 0 Å². The first-order valence-electron chi connectivity index (χ1n) is 6.02. The Morgan fingerprint density at radius 1 is 1.19 bits per heavy atom. The van der Waals surface area contributed by atoms with E-state index in [0.29, 0.717) is 15.7 Å². The van der Waals surface area contributed by atoms with Crippen molar-refractivity contribution in [3.8, 4) is 0 Å². The van der Waals surface area contributed by atoms with Gasteiger partial charge < -0.3 is 5.11 Å². The van der Waals surface area contributed by atoms with Gasteiger partial charge in [0.2, 0.25) is 0 Å². The Kier molecular flexibility index (Phi) is 5.32. The van der Waals surface area contributed by atoms with Gasteiger partial charge in [0, 0.05) is 15.1 Å². The second-order valence-corrected chi connectivity index (χ2v) is 7.64. The third kappa shape index (κ3) is 4.00. The Morgan fingerprint density at radius 3 is 2.43 bits per heavy atom. The molecule has 0 fully saturated rings. The minimum atomic E-state index is -3.71. The number of thioether (sulfide) groups is 1. The summed E-state index contributed by atoms with van der Waals surface area (Å²) in [5.41, 5.74) is 1.03. The smallest absolute Gasteiger partial charge is 0.263 e. The minimum Gasteiger partial charge on any atom is -0.392 e. The normalized spacial score (nSPS) is 11.4. The van der Waals surface area contributed by atoms with Crippen LogP contribution in [0, 0.1) is 0 Å². The van der Waals surface area contributed by atoms with Gasteiger partial charge >= 0.3 is 0 Å². The summed E-state index contributed by atoms with van der Waals surface area (Å²) in [6.45, 7) is -0.210. The molecule has 112 valence electrons. The Morgan fingerprint density at radius 2 is 1.86 bits per heavy atom. The van der Waals surface area contributed by atoms with E-state index in [0.717, 1.165) is 4.90 Å². The third-order valence-electron chi connectivity index (χ3n) is 2.81. The topological polar surface area (TPSA) is 66.4 Å². The van der Waals surface area contributed by atoms with E-state index in [4.69, 9.17) is 5.11 Å². The van der Waals surface area contributed by atoms with Crippen molar-refractivity contribution in [2.24, 2.45) is 0 Å². The molecule has 2 aromatic rings. The van der Waals surface area contributed by atoms with E-state index in [9.17, 15) is 8.42 Å². The van der Waals surface area contributed by atoms with Crippen molar-refractivity contribution in [2.75, 3.05) is 11.0 Å². The molecule has 0 saturated heterocycles. The van der Waals surface area contributed by atoms with Crippen molar-refractivity contribution >= 4 is 43.4 Å². The van der Waals surface area contributed by atoms with Crippen LogP contribution in [0.3, 0.4) is 0 Å². The summed E-state index contributed by atoms with van der Waals surface area (Å²) < 4.78 is 27.8. The van der Waals surface area contributed by atoms with Gasteiger partial charge in [-0.2, -0.15) is 0 Å². The van der Waals surface area contributed by atoms with Crippen LogP contribution >= 0.6 is 27.7 Å². The lowest BCUT2D eigenvalue weighted by Crippen LogP contribution is -2.14. The van der Waals surface area contributed by atoms with Gasteiger partial charge in [0.25, 0.3) is 10.0 Å². The second kappa shape index (κ2) is 6.83. The van der Waals surface area contributed by atoms with Crippen LogP contribution in [0.1, 0.15) is 5.56 Å². The standard InChI is InChI=1S/C14H14BrNO3S2/c1-20-12-5-3-11(4-6-12)16-21(18,19)14-8-10(9-17)2-7-13(14)15/h2-8,16-17H,9H2,1H3. The predicted octanol–water partition coefficient (Wildman–Crippen LogP) is 3.46. The zero-order valence-electron chi connectivity index (χ0n) is 11.2. The molecule has 4 nitrogen and oxygen atoms in total. The highest BCUT2D eigenvalue weighted by Crippen LogP contribution is 2.26. The van der Waals surface area contributed by atoms with Crippen LogP contribution < -0.4 is 4.72 Å². The molecule has 2 aromatic carbocycles. The zero-order chi connectivity index (χ0) is 15.5. The third-order valence-corrected chi connectivity index (χ3v) is 5.93. The Balaban J connectivity index is 2.33. The summed E-state index contributed by atoms with van der Waals surface area (Å²) in [6.07, 6.45) is 1.96. The number of benzene rings is 2. The van der Waals surface area contributed by atoms with Crippen molar-refractivity contribution in [2.45, 2.75) is 16.4 Å². The lowest BCUT2D eigenvalue weighted by atomic mass is 10.2. The van der Waals surface area contributed by atoms with Gasteiger partial charge in [-0.3, -0.25) is 4.72 Å². The summed E-state index contributed by atoms with van der Waals surface area (Å²) in [4.78, 5) is 1.16. The molecule has 0 bridgehead atoms. The average molecular weight is 388 g/mol.